The van der Waals surface area contributed by atoms with Crippen molar-refractivity contribution in [2.24, 2.45) is 0 Å². The Bertz CT molecular complexity index is 2610. The van der Waals surface area contributed by atoms with Crippen LogP contribution in [-0.2, 0) is 41.5 Å². The van der Waals surface area contributed by atoms with Crippen molar-refractivity contribution < 1.29 is 24.2 Å². The SMILES string of the molecule is CC(C)(C)c1cc2c([c-]c1-c1ccccc1)Cc1cc(-c3ccccc3)c(C(C)(C)C)cc1-2.Cl.Cl.Clc1cccc2[c-]cccc12.Clc1cccc2[c-]cccc12.[C-]1=CC=CC1.[CH2]=[Zr]. The molecule has 64 heavy (non-hydrogen) atoms. The van der Waals surface area contributed by atoms with E-state index < -0.39 is 0 Å². The van der Waals surface area contributed by atoms with Gasteiger partial charge in [-0.15, -0.1) is 144 Å². The second kappa shape index (κ2) is 24.3. The van der Waals surface area contributed by atoms with E-state index in [0.717, 1.165) is 44.4 Å². The third kappa shape index (κ3) is 13.2. The van der Waals surface area contributed by atoms with Crippen molar-refractivity contribution >= 4 is 73.8 Å². The number of benzene rings is 8. The number of hydrogen-bond donors (Lipinski definition) is 0. The van der Waals surface area contributed by atoms with E-state index in [0.29, 0.717) is 0 Å². The molecule has 8 aromatic rings. The average Bonchev–Trinajstić information content (AvgIpc) is 3.99. The Kier molecular flexibility index (Phi) is 19.8. The van der Waals surface area contributed by atoms with Crippen LogP contribution in [0.3, 0.4) is 0 Å². The Labute approximate surface area is 419 Å². The van der Waals surface area contributed by atoms with E-state index in [2.05, 4.69) is 155 Å². The minimum absolute atomic E-state index is 0. The number of allylic oxidation sites excluding steroid dienone is 4. The second-order valence-corrected chi connectivity index (χ2v) is 18.0. The number of halogens is 4. The Morgan fingerprint density at radius 2 is 1.06 bits per heavy atom. The summed E-state index contributed by atoms with van der Waals surface area (Å²) in [6.07, 6.45) is 10.9. The van der Waals surface area contributed by atoms with Crippen LogP contribution >= 0.6 is 48.0 Å². The molecular weight excluding hydrogens is 942 g/mol. The molecule has 0 aromatic heterocycles. The molecule has 0 saturated heterocycles. The summed E-state index contributed by atoms with van der Waals surface area (Å²) in [4.78, 5) is 0. The Hall–Kier alpha value is -4.33. The molecule has 2 aliphatic carbocycles. The molecule has 0 atom stereocenters. The van der Waals surface area contributed by atoms with Crippen LogP contribution in [0.5, 0.6) is 0 Å². The predicted molar refractivity (Wildman–Crippen MR) is 281 cm³/mol. The summed E-state index contributed by atoms with van der Waals surface area (Å²) < 4.78 is 3.34. The molecule has 0 N–H and O–H groups in total. The van der Waals surface area contributed by atoms with Gasteiger partial charge in [0.2, 0.25) is 0 Å². The Morgan fingerprint density at radius 3 is 1.52 bits per heavy atom. The van der Waals surface area contributed by atoms with Crippen LogP contribution in [0.2, 0.25) is 10.0 Å². The first-order valence-corrected chi connectivity index (χ1v) is 23.4. The summed E-state index contributed by atoms with van der Waals surface area (Å²) >= 11 is 13.2. The summed E-state index contributed by atoms with van der Waals surface area (Å²) in [5.41, 5.74) is 13.5. The minimum atomic E-state index is 0. The van der Waals surface area contributed by atoms with Crippen LogP contribution in [0.15, 0.2) is 170 Å². The van der Waals surface area contributed by atoms with Crippen LogP contribution in [0.25, 0.3) is 54.9 Å². The van der Waals surface area contributed by atoms with Crippen molar-refractivity contribution in [3.63, 3.8) is 0 Å². The third-order valence-corrected chi connectivity index (χ3v) is 11.4. The van der Waals surface area contributed by atoms with E-state index in [1.807, 2.05) is 84.9 Å². The maximum absolute atomic E-state index is 5.94. The fourth-order valence-electron chi connectivity index (χ4n) is 7.67. The topological polar surface area (TPSA) is 0 Å². The monoisotopic (exact) mass is 992 g/mol. The molecule has 326 valence electrons. The Balaban J connectivity index is 0.000000234. The zero-order valence-corrected chi connectivity index (χ0v) is 43.0. The summed E-state index contributed by atoms with van der Waals surface area (Å²) in [6, 6.07) is 62.3. The van der Waals surface area contributed by atoms with Gasteiger partial charge in [-0.05, 0) is 39.5 Å². The standard InChI is InChI=1S/C33H33.2C10H6Cl.C5H5.CH2.2ClH.Zr/c1-32(2,3)30-20-26-24(18-28(30)22-13-9-7-10-14-22)17-25-19-29(23-15-11-8-12-16-23)31(21-27(25)26)33(4,5)6;2*11-10-7-3-5-8-4-1-2-6-9(8)10;1-2-4-5-3-1;;;;/h7-16,18,20-21H,17H2,1-6H3;2*1-3,5-7H;1-3H,4H2;1H2;2*1H;/q4*-1;;;;. The van der Waals surface area contributed by atoms with E-state index in [9.17, 15) is 0 Å². The van der Waals surface area contributed by atoms with E-state index >= 15 is 0 Å². The number of hydrogen-bond acceptors (Lipinski definition) is 0. The first-order valence-electron chi connectivity index (χ1n) is 20.9. The molecule has 0 bridgehead atoms. The second-order valence-electron chi connectivity index (χ2n) is 17.2. The van der Waals surface area contributed by atoms with Crippen LogP contribution in [0, 0.1) is 24.3 Å². The van der Waals surface area contributed by atoms with E-state index in [1.54, 1.807) is 0 Å². The molecule has 0 aliphatic heterocycles. The molecule has 10 rings (SSSR count). The number of fused-ring (bicyclic) bond motifs is 5. The maximum atomic E-state index is 5.94. The van der Waals surface area contributed by atoms with Crippen LogP contribution in [-0.4, -0.2) is 4.21 Å². The van der Waals surface area contributed by atoms with Crippen LogP contribution < -0.4 is 0 Å². The molecule has 8 aromatic carbocycles. The van der Waals surface area contributed by atoms with Crippen LogP contribution in [0.4, 0.5) is 0 Å². The van der Waals surface area contributed by atoms with Gasteiger partial charge in [-0.3, -0.25) is 6.08 Å². The van der Waals surface area contributed by atoms with E-state index in [4.69, 9.17) is 23.2 Å². The van der Waals surface area contributed by atoms with Crippen molar-refractivity contribution in [1.82, 2.24) is 0 Å². The van der Waals surface area contributed by atoms with Gasteiger partial charge < -0.3 is 0 Å². The van der Waals surface area contributed by atoms with Gasteiger partial charge in [0.1, 0.15) is 0 Å². The summed E-state index contributed by atoms with van der Waals surface area (Å²) in [5, 5.41) is 5.85. The van der Waals surface area contributed by atoms with Gasteiger partial charge in [0.15, 0.2) is 0 Å². The van der Waals surface area contributed by atoms with Gasteiger partial charge in [-0.25, -0.2) is 12.2 Å². The van der Waals surface area contributed by atoms with Gasteiger partial charge in [0.05, 0.1) is 0 Å². The quantitative estimate of drug-likeness (QED) is 0.151. The van der Waals surface area contributed by atoms with E-state index in [-0.39, 0.29) is 35.6 Å². The summed E-state index contributed by atoms with van der Waals surface area (Å²) in [7, 11) is 0. The van der Waals surface area contributed by atoms with Gasteiger partial charge in [-0.1, -0.05) is 177 Å². The van der Waals surface area contributed by atoms with Crippen molar-refractivity contribution in [2.45, 2.75) is 65.2 Å². The summed E-state index contributed by atoms with van der Waals surface area (Å²) in [5.74, 6) is 0. The molecule has 5 heteroatoms. The molecule has 0 spiro atoms. The molecule has 0 saturated carbocycles. The van der Waals surface area contributed by atoms with E-state index in [1.165, 1.54) is 79.9 Å². The van der Waals surface area contributed by atoms with Crippen molar-refractivity contribution in [3.05, 3.63) is 226 Å². The first kappa shape index (κ1) is 52.3. The third-order valence-electron chi connectivity index (χ3n) is 10.7. The van der Waals surface area contributed by atoms with Gasteiger partial charge in [-0.2, -0.15) is 6.08 Å². The van der Waals surface area contributed by atoms with Gasteiger partial charge in [0.25, 0.3) is 0 Å². The average molecular weight is 996 g/mol. The molecule has 0 radical (unpaired) electrons. The zero-order chi connectivity index (χ0) is 44.3. The van der Waals surface area contributed by atoms with Gasteiger partial charge >= 0.3 is 28.4 Å². The fourth-order valence-corrected chi connectivity index (χ4v) is 8.15. The first-order chi connectivity index (χ1) is 29.9. The Morgan fingerprint density at radius 1 is 0.547 bits per heavy atom. The molecule has 0 nitrogen and oxygen atoms in total. The van der Waals surface area contributed by atoms with Crippen molar-refractivity contribution in [3.8, 4) is 33.4 Å². The predicted octanol–water partition coefficient (Wildman–Crippen LogP) is 17.7. The molecule has 0 heterocycles. The fraction of sp³-hybridized carbons (Fsp3) is 0.169. The molecule has 0 fully saturated rings. The van der Waals surface area contributed by atoms with Crippen molar-refractivity contribution in [2.75, 3.05) is 0 Å². The molecular formula is C59H54Cl4Zr-4. The molecule has 0 amide bonds. The normalized spacial score (nSPS) is 11.7. The summed E-state index contributed by atoms with van der Waals surface area (Å²) in [6.45, 7) is 13.9. The van der Waals surface area contributed by atoms with Crippen LogP contribution in [0.1, 0.15) is 70.2 Å². The zero-order valence-electron chi connectivity index (χ0n) is 37.4. The molecule has 2 aliphatic rings. The van der Waals surface area contributed by atoms with Gasteiger partial charge in [0, 0.05) is 10.0 Å². The van der Waals surface area contributed by atoms with Crippen molar-refractivity contribution in [1.29, 1.82) is 0 Å². The number of rotatable bonds is 2. The molecule has 0 unspecified atom stereocenters.